The van der Waals surface area contributed by atoms with Gasteiger partial charge in [0, 0.05) is 6.61 Å². The second kappa shape index (κ2) is 10.8. The van der Waals surface area contributed by atoms with Gasteiger partial charge in [-0.2, -0.15) is 0 Å². The fourth-order valence-electron chi connectivity index (χ4n) is 0.0913. The highest BCUT2D eigenvalue weighted by Crippen LogP contribution is 1.62. The summed E-state index contributed by atoms with van der Waals surface area (Å²) in [4.78, 5) is 0. The summed E-state index contributed by atoms with van der Waals surface area (Å²) in [7, 11) is -2.17. The molecule has 0 fully saturated rings. The highest BCUT2D eigenvalue weighted by atomic mass is 16.5. The van der Waals surface area contributed by atoms with Crippen molar-refractivity contribution in [2.24, 2.45) is 5.73 Å². The molecule has 0 unspecified atom stereocenters. The van der Waals surface area contributed by atoms with Gasteiger partial charge in [-0.05, 0) is 13.0 Å². The van der Waals surface area contributed by atoms with Gasteiger partial charge in [-0.1, -0.05) is 0 Å². The fraction of sp³-hybridized carbons (Fsp3) is 1.00. The normalized spacial score (nSPS) is 7.67. The predicted molar refractivity (Wildman–Crippen MR) is 33.2 cm³/mol. The number of rotatable bonds is 2. The smallest absolute Gasteiger partial charge is 0.402 e. The Morgan fingerprint density at radius 3 is 1.56 bits per heavy atom. The molecular formula is C3H12BNO4. The maximum absolute atomic E-state index is 7.99. The summed E-state index contributed by atoms with van der Waals surface area (Å²) in [6.07, 6.45) is 0.722. The van der Waals surface area contributed by atoms with Crippen LogP contribution in [-0.4, -0.2) is 40.7 Å². The van der Waals surface area contributed by atoms with Crippen LogP contribution in [0.4, 0.5) is 0 Å². The number of hydrogen-bond donors (Lipinski definition) is 5. The lowest BCUT2D eigenvalue weighted by atomic mass is 10.3. The first-order chi connectivity index (χ1) is 4.15. The van der Waals surface area contributed by atoms with Crippen molar-refractivity contribution in [3.63, 3.8) is 0 Å². The van der Waals surface area contributed by atoms with Gasteiger partial charge >= 0.3 is 7.32 Å². The van der Waals surface area contributed by atoms with Gasteiger partial charge in [0.15, 0.2) is 0 Å². The molecule has 56 valence electrons. The van der Waals surface area contributed by atoms with Crippen molar-refractivity contribution in [2.45, 2.75) is 6.42 Å². The van der Waals surface area contributed by atoms with Gasteiger partial charge in [0.05, 0.1) is 0 Å². The molecule has 6 heteroatoms. The van der Waals surface area contributed by atoms with Crippen molar-refractivity contribution in [1.29, 1.82) is 0 Å². The second-order valence-corrected chi connectivity index (χ2v) is 1.21. The molecule has 0 aromatic rings. The van der Waals surface area contributed by atoms with Gasteiger partial charge in [0.1, 0.15) is 0 Å². The highest BCUT2D eigenvalue weighted by molar-refractivity contribution is 6.30. The van der Waals surface area contributed by atoms with Gasteiger partial charge in [0.25, 0.3) is 0 Å². The van der Waals surface area contributed by atoms with Crippen molar-refractivity contribution in [3.05, 3.63) is 0 Å². The standard InChI is InChI=1S/C3H9NO.BH3O3/c4-2-1-3-5;2-1(3)4/h5H,1-4H2;2-4H. The van der Waals surface area contributed by atoms with Crippen LogP contribution in [0.3, 0.4) is 0 Å². The van der Waals surface area contributed by atoms with Crippen LogP contribution in [0.15, 0.2) is 0 Å². The topological polar surface area (TPSA) is 107 Å². The Morgan fingerprint density at radius 1 is 1.22 bits per heavy atom. The van der Waals surface area contributed by atoms with Gasteiger partial charge < -0.3 is 25.9 Å². The van der Waals surface area contributed by atoms with E-state index < -0.39 is 7.32 Å². The SMILES string of the molecule is NCCCO.OB(O)O. The summed E-state index contributed by atoms with van der Waals surface area (Å²) in [5, 5.41) is 29.5. The van der Waals surface area contributed by atoms with E-state index in [0.29, 0.717) is 6.54 Å². The molecule has 0 aliphatic carbocycles. The van der Waals surface area contributed by atoms with Gasteiger partial charge in [-0.3, -0.25) is 0 Å². The summed E-state index contributed by atoms with van der Waals surface area (Å²) < 4.78 is 0. The molecule has 0 aromatic carbocycles. The van der Waals surface area contributed by atoms with Crippen molar-refractivity contribution < 1.29 is 20.2 Å². The molecule has 0 aromatic heterocycles. The molecule has 9 heavy (non-hydrogen) atoms. The van der Waals surface area contributed by atoms with Crippen LogP contribution in [0.2, 0.25) is 0 Å². The third kappa shape index (κ3) is 77.8. The molecule has 0 radical (unpaired) electrons. The quantitative estimate of drug-likeness (QED) is 0.266. The Hall–Kier alpha value is -0.135. The van der Waals surface area contributed by atoms with E-state index in [9.17, 15) is 0 Å². The zero-order chi connectivity index (χ0) is 7.70. The number of aliphatic hydroxyl groups excluding tert-OH is 1. The van der Waals surface area contributed by atoms with E-state index in [-0.39, 0.29) is 6.61 Å². The Labute approximate surface area is 53.9 Å². The Bertz CT molecular complexity index is 40.0. The number of hydrogen-bond acceptors (Lipinski definition) is 5. The maximum atomic E-state index is 7.99. The summed E-state index contributed by atoms with van der Waals surface area (Å²) >= 11 is 0. The Balaban J connectivity index is 0. The molecule has 0 amide bonds. The minimum atomic E-state index is -2.17. The number of aliphatic hydroxyl groups is 1. The molecule has 0 saturated heterocycles. The van der Waals surface area contributed by atoms with E-state index in [2.05, 4.69) is 0 Å². The molecule has 0 saturated carbocycles. The predicted octanol–water partition coefficient (Wildman–Crippen LogP) is -2.72. The van der Waals surface area contributed by atoms with Crippen LogP contribution in [0, 0.1) is 0 Å². The fourth-order valence-corrected chi connectivity index (χ4v) is 0.0913. The minimum Gasteiger partial charge on any atom is -0.402 e. The van der Waals surface area contributed by atoms with Crippen molar-refractivity contribution >= 4 is 7.32 Å². The lowest BCUT2D eigenvalue weighted by Crippen LogP contribution is -2.07. The third-order valence-corrected chi connectivity index (χ3v) is 0.362. The summed E-state index contributed by atoms with van der Waals surface area (Å²) in [6.45, 7) is 0.812. The van der Waals surface area contributed by atoms with E-state index in [1.807, 2.05) is 0 Å². The molecule has 0 atom stereocenters. The van der Waals surface area contributed by atoms with E-state index in [1.165, 1.54) is 0 Å². The average Bonchev–Trinajstić information content (AvgIpc) is 1.66. The van der Waals surface area contributed by atoms with Crippen LogP contribution < -0.4 is 5.73 Å². The molecule has 5 nitrogen and oxygen atoms in total. The molecule has 0 bridgehead atoms. The highest BCUT2D eigenvalue weighted by Gasteiger charge is 1.92. The van der Waals surface area contributed by atoms with Crippen molar-refractivity contribution in [2.75, 3.05) is 13.2 Å². The first-order valence-corrected chi connectivity index (χ1v) is 2.50. The van der Waals surface area contributed by atoms with Crippen LogP contribution in [-0.2, 0) is 0 Å². The zero-order valence-corrected chi connectivity index (χ0v) is 5.06. The Morgan fingerprint density at radius 2 is 1.56 bits per heavy atom. The lowest BCUT2D eigenvalue weighted by Gasteiger charge is -1.80. The van der Waals surface area contributed by atoms with Crippen LogP contribution in [0.25, 0.3) is 0 Å². The van der Waals surface area contributed by atoms with Crippen LogP contribution in [0.1, 0.15) is 6.42 Å². The Kier molecular flexibility index (Phi) is 13.9. The second-order valence-electron chi connectivity index (χ2n) is 1.21. The first kappa shape index (κ1) is 11.6. The monoisotopic (exact) mass is 137 g/mol. The lowest BCUT2D eigenvalue weighted by molar-refractivity contribution is 0.278. The van der Waals surface area contributed by atoms with Crippen LogP contribution in [0.5, 0.6) is 0 Å². The summed E-state index contributed by atoms with van der Waals surface area (Å²) in [5.74, 6) is 0. The minimum absolute atomic E-state index is 0.219. The molecule has 0 spiro atoms. The van der Waals surface area contributed by atoms with Crippen LogP contribution >= 0.6 is 0 Å². The molecular weight excluding hydrogens is 125 g/mol. The van der Waals surface area contributed by atoms with E-state index in [0.717, 1.165) is 6.42 Å². The third-order valence-electron chi connectivity index (χ3n) is 0.362. The van der Waals surface area contributed by atoms with Crippen molar-refractivity contribution in [1.82, 2.24) is 0 Å². The molecule has 0 aliphatic rings. The van der Waals surface area contributed by atoms with Gasteiger partial charge in [-0.25, -0.2) is 0 Å². The van der Waals surface area contributed by atoms with E-state index >= 15 is 0 Å². The maximum Gasteiger partial charge on any atom is 0.631 e. The van der Waals surface area contributed by atoms with Crippen molar-refractivity contribution in [3.8, 4) is 0 Å². The van der Waals surface area contributed by atoms with E-state index in [1.54, 1.807) is 0 Å². The first-order valence-electron chi connectivity index (χ1n) is 2.50. The summed E-state index contributed by atoms with van der Waals surface area (Å²) in [5.41, 5.74) is 4.98. The molecule has 0 aliphatic heterocycles. The van der Waals surface area contributed by atoms with Gasteiger partial charge in [-0.15, -0.1) is 0 Å². The largest absolute Gasteiger partial charge is 0.631 e. The molecule has 0 heterocycles. The van der Waals surface area contributed by atoms with E-state index in [4.69, 9.17) is 25.9 Å². The zero-order valence-electron chi connectivity index (χ0n) is 5.06. The molecule has 6 N–H and O–H groups in total. The average molecular weight is 137 g/mol. The summed E-state index contributed by atoms with van der Waals surface area (Å²) in [6, 6.07) is 0. The number of nitrogens with two attached hydrogens (primary N) is 1. The molecule has 0 rings (SSSR count). The van der Waals surface area contributed by atoms with Gasteiger partial charge in [0.2, 0.25) is 0 Å².